The maximum Gasteiger partial charge on any atom is 0.149 e. The van der Waals surface area contributed by atoms with Gasteiger partial charge >= 0.3 is 0 Å². The van der Waals surface area contributed by atoms with Crippen LogP contribution >= 0.6 is 0 Å². The van der Waals surface area contributed by atoms with Crippen LogP contribution in [0.2, 0.25) is 0 Å². The average Bonchev–Trinajstić information content (AvgIpc) is 3.23. The van der Waals surface area contributed by atoms with Crippen molar-refractivity contribution in [3.8, 4) is 0 Å². The highest BCUT2D eigenvalue weighted by molar-refractivity contribution is 6.11. The van der Waals surface area contributed by atoms with Crippen LogP contribution in [0.4, 0.5) is 5.69 Å². The molecule has 0 amide bonds. The van der Waals surface area contributed by atoms with Crippen molar-refractivity contribution >= 4 is 23.3 Å². The molecule has 3 aliphatic heterocycles. The number of dihydropyridines is 1. The molecule has 3 heterocycles. The molecule has 0 radical (unpaired) electrons. The number of aliphatic imine (C=N–C) groups is 2. The molecule has 4 rings (SSSR count). The fourth-order valence-corrected chi connectivity index (χ4v) is 4.99. The molecule has 0 saturated carbocycles. The molecule has 1 aromatic rings. The van der Waals surface area contributed by atoms with Crippen LogP contribution in [0.5, 0.6) is 0 Å². The predicted molar refractivity (Wildman–Crippen MR) is 146 cm³/mol. The summed E-state index contributed by atoms with van der Waals surface area (Å²) in [6.45, 7) is 14.4. The molecule has 182 valence electrons. The molecule has 3 aliphatic rings. The number of piperazine rings is 1. The van der Waals surface area contributed by atoms with E-state index in [9.17, 15) is 0 Å². The zero-order valence-corrected chi connectivity index (χ0v) is 21.5. The van der Waals surface area contributed by atoms with Crippen molar-refractivity contribution in [3.05, 3.63) is 58.9 Å². The summed E-state index contributed by atoms with van der Waals surface area (Å²) in [6, 6.07) is 6.65. The van der Waals surface area contributed by atoms with E-state index in [2.05, 4.69) is 83.5 Å². The van der Waals surface area contributed by atoms with E-state index in [1.165, 1.54) is 40.9 Å². The highest BCUT2D eigenvalue weighted by atomic mass is 15.3. The van der Waals surface area contributed by atoms with E-state index in [1.807, 2.05) is 19.5 Å². The topological polar surface area (TPSA) is 55.3 Å². The Balaban J connectivity index is 1.50. The van der Waals surface area contributed by atoms with Crippen LogP contribution in [0.3, 0.4) is 0 Å². The quantitative estimate of drug-likeness (QED) is 0.580. The summed E-state index contributed by atoms with van der Waals surface area (Å²) in [4.78, 5) is 14.5. The first kappa shape index (κ1) is 24.3. The van der Waals surface area contributed by atoms with Gasteiger partial charge in [0.25, 0.3) is 0 Å². The Morgan fingerprint density at radius 2 is 1.97 bits per heavy atom. The van der Waals surface area contributed by atoms with Crippen molar-refractivity contribution in [3.63, 3.8) is 0 Å². The van der Waals surface area contributed by atoms with E-state index in [0.717, 1.165) is 50.5 Å². The summed E-state index contributed by atoms with van der Waals surface area (Å²) in [7, 11) is 1.84. The van der Waals surface area contributed by atoms with Gasteiger partial charge in [-0.1, -0.05) is 25.5 Å². The number of benzene rings is 1. The molecule has 6 heteroatoms. The average molecular weight is 461 g/mol. The molecule has 1 fully saturated rings. The van der Waals surface area contributed by atoms with Crippen LogP contribution in [-0.2, 0) is 6.42 Å². The van der Waals surface area contributed by atoms with Crippen LogP contribution in [0.15, 0.2) is 57.8 Å². The van der Waals surface area contributed by atoms with E-state index in [-0.39, 0.29) is 0 Å². The molecule has 1 atom stereocenters. The van der Waals surface area contributed by atoms with Crippen LogP contribution in [0.1, 0.15) is 51.7 Å². The lowest BCUT2D eigenvalue weighted by Crippen LogP contribution is -2.47. The Hall–Kier alpha value is -2.86. The number of nitrogens with zero attached hydrogens (tertiary/aromatic N) is 4. The van der Waals surface area contributed by atoms with Gasteiger partial charge in [-0.2, -0.15) is 0 Å². The van der Waals surface area contributed by atoms with Crippen molar-refractivity contribution in [1.82, 2.24) is 15.1 Å². The summed E-state index contributed by atoms with van der Waals surface area (Å²) in [5.74, 6) is 1.00. The Morgan fingerprint density at radius 3 is 2.68 bits per heavy atom. The van der Waals surface area contributed by atoms with Crippen molar-refractivity contribution in [2.45, 2.75) is 52.6 Å². The van der Waals surface area contributed by atoms with Crippen molar-refractivity contribution in [1.29, 1.82) is 0 Å². The monoisotopic (exact) mass is 460 g/mol. The number of nitrogens with one attached hydrogen (secondary N) is 2. The van der Waals surface area contributed by atoms with Gasteiger partial charge in [-0.15, -0.1) is 0 Å². The van der Waals surface area contributed by atoms with Crippen molar-refractivity contribution in [2.24, 2.45) is 9.98 Å². The Labute approximate surface area is 205 Å². The normalized spacial score (nSPS) is 24.7. The third-order valence-electron chi connectivity index (χ3n) is 7.00. The fourth-order valence-electron chi connectivity index (χ4n) is 4.99. The van der Waals surface area contributed by atoms with Gasteiger partial charge in [-0.05, 0) is 74.2 Å². The second-order valence-corrected chi connectivity index (χ2v) is 9.69. The summed E-state index contributed by atoms with van der Waals surface area (Å²) in [6.07, 6.45) is 11.5. The number of hydrogen-bond donors (Lipinski definition) is 2. The van der Waals surface area contributed by atoms with E-state index < -0.39 is 5.66 Å². The maximum absolute atomic E-state index is 5.12. The lowest BCUT2D eigenvalue weighted by Gasteiger charge is -2.38. The van der Waals surface area contributed by atoms with Gasteiger partial charge in [0, 0.05) is 63.4 Å². The second kappa shape index (κ2) is 10.6. The molecule has 1 aromatic carbocycles. The minimum atomic E-state index is -0.462. The van der Waals surface area contributed by atoms with Crippen LogP contribution < -0.4 is 10.6 Å². The van der Waals surface area contributed by atoms with Gasteiger partial charge in [0.1, 0.15) is 11.5 Å². The Morgan fingerprint density at radius 1 is 1.18 bits per heavy atom. The van der Waals surface area contributed by atoms with Crippen LogP contribution in [-0.4, -0.2) is 67.3 Å². The van der Waals surface area contributed by atoms with Crippen molar-refractivity contribution < 1.29 is 0 Å². The van der Waals surface area contributed by atoms with Gasteiger partial charge in [0.15, 0.2) is 0 Å². The maximum atomic E-state index is 5.12. The number of hydrogen-bond acceptors (Lipinski definition) is 5. The minimum Gasteiger partial charge on any atom is -0.369 e. The molecule has 0 aromatic heterocycles. The molecule has 34 heavy (non-hydrogen) atoms. The molecule has 2 N–H and O–H groups in total. The van der Waals surface area contributed by atoms with Gasteiger partial charge in [0.05, 0.1) is 0 Å². The molecule has 0 aliphatic carbocycles. The SMILES string of the molecule is CCCN1CCN(C2=CC(C)(/N=C3/Cc4cc(/C(C=NC)=C(\C)CC)ccc4N3)NC=C2)CC1. The van der Waals surface area contributed by atoms with Gasteiger partial charge in [-0.3, -0.25) is 9.89 Å². The van der Waals surface area contributed by atoms with Crippen molar-refractivity contribution in [2.75, 3.05) is 45.1 Å². The first-order valence-electron chi connectivity index (χ1n) is 12.7. The van der Waals surface area contributed by atoms with E-state index >= 15 is 0 Å². The number of fused-ring (bicyclic) bond motifs is 1. The molecular formula is C28H40N6. The summed E-state index contributed by atoms with van der Waals surface area (Å²) in [5, 5.41) is 7.02. The molecule has 1 unspecified atom stereocenters. The largest absolute Gasteiger partial charge is 0.369 e. The predicted octanol–water partition coefficient (Wildman–Crippen LogP) is 4.68. The third kappa shape index (κ3) is 5.44. The van der Waals surface area contributed by atoms with Crippen LogP contribution in [0, 0.1) is 0 Å². The summed E-state index contributed by atoms with van der Waals surface area (Å²) in [5.41, 5.74) is 7.03. The number of rotatable bonds is 7. The minimum absolute atomic E-state index is 0.462. The zero-order chi connectivity index (χ0) is 24.1. The molecular weight excluding hydrogens is 420 g/mol. The number of amidine groups is 1. The Bertz CT molecular complexity index is 1040. The van der Waals surface area contributed by atoms with E-state index in [1.54, 1.807) is 0 Å². The number of allylic oxidation sites excluding steroid dienone is 3. The third-order valence-corrected chi connectivity index (χ3v) is 7.00. The molecule has 1 saturated heterocycles. The highest BCUT2D eigenvalue weighted by Crippen LogP contribution is 2.30. The molecule has 6 nitrogen and oxygen atoms in total. The zero-order valence-electron chi connectivity index (χ0n) is 21.5. The lowest BCUT2D eigenvalue weighted by molar-refractivity contribution is 0.160. The lowest BCUT2D eigenvalue weighted by atomic mass is 9.97. The molecule has 0 bridgehead atoms. The van der Waals surface area contributed by atoms with Gasteiger partial charge < -0.3 is 15.5 Å². The number of anilines is 1. The fraction of sp³-hybridized carbons (Fsp3) is 0.500. The van der Waals surface area contributed by atoms with Gasteiger partial charge in [-0.25, -0.2) is 4.99 Å². The van der Waals surface area contributed by atoms with Crippen LogP contribution in [0.25, 0.3) is 5.57 Å². The smallest absolute Gasteiger partial charge is 0.149 e. The summed E-state index contributed by atoms with van der Waals surface area (Å²) < 4.78 is 0. The molecule has 0 spiro atoms. The Kier molecular flexibility index (Phi) is 7.57. The van der Waals surface area contributed by atoms with Gasteiger partial charge in [0.2, 0.25) is 0 Å². The second-order valence-electron chi connectivity index (χ2n) is 9.69. The first-order valence-corrected chi connectivity index (χ1v) is 12.7. The van der Waals surface area contributed by atoms with E-state index in [4.69, 9.17) is 4.99 Å². The van der Waals surface area contributed by atoms with E-state index in [0.29, 0.717) is 0 Å². The first-order chi connectivity index (χ1) is 16.4. The standard InChI is InChI=1S/C28H40N6/c1-6-12-33-13-15-34(16-14-33)24-10-11-30-28(4,19-24)32-27-18-23-17-22(8-9-26(23)31-27)25(20-29-5)21(3)7-2/h8-11,17,19-20,30H,6-7,12-16,18H2,1-5H3,(H,31,32)/b25-21+,29-20?. The highest BCUT2D eigenvalue weighted by Gasteiger charge is 2.28. The summed E-state index contributed by atoms with van der Waals surface area (Å²) >= 11 is 0.